The third kappa shape index (κ3) is 5.35. The minimum atomic E-state index is -3.33. The second-order valence-corrected chi connectivity index (χ2v) is 8.51. The van der Waals surface area contributed by atoms with Crippen LogP contribution < -0.4 is 5.32 Å². The average Bonchev–Trinajstić information content (AvgIpc) is 2.95. The maximum atomic E-state index is 12.1. The quantitative estimate of drug-likeness (QED) is 0.822. The normalized spacial score (nSPS) is 16.0. The number of amides is 1. The van der Waals surface area contributed by atoms with Crippen molar-refractivity contribution < 1.29 is 13.2 Å². The van der Waals surface area contributed by atoms with E-state index in [9.17, 15) is 13.2 Å². The molecule has 23 heavy (non-hydrogen) atoms. The van der Waals surface area contributed by atoms with Crippen molar-refractivity contribution in [1.29, 1.82) is 0 Å². The second kappa shape index (κ2) is 7.83. The molecule has 1 saturated carbocycles. The number of hydrogen-bond donors (Lipinski definition) is 1. The van der Waals surface area contributed by atoms with Gasteiger partial charge in [0.25, 0.3) is 0 Å². The van der Waals surface area contributed by atoms with Gasteiger partial charge in [-0.25, -0.2) is 8.42 Å². The van der Waals surface area contributed by atoms with Crippen molar-refractivity contribution in [3.05, 3.63) is 28.2 Å². The van der Waals surface area contributed by atoms with Gasteiger partial charge in [-0.3, -0.25) is 4.79 Å². The van der Waals surface area contributed by atoms with Gasteiger partial charge in [-0.05, 0) is 31.0 Å². The standard InChI is InChI=1S/C15H20Cl2N2O3S/c1-23(21,22)19(12-4-2-3-5-12)9-8-15(20)18-14-10-11(16)6-7-13(14)17/h6-7,10,12H,2-5,8-9H2,1H3,(H,18,20). The van der Waals surface area contributed by atoms with Gasteiger partial charge in [-0.15, -0.1) is 0 Å². The Balaban J connectivity index is 1.97. The lowest BCUT2D eigenvalue weighted by Gasteiger charge is -2.26. The molecule has 0 aromatic heterocycles. The van der Waals surface area contributed by atoms with E-state index in [1.54, 1.807) is 18.2 Å². The zero-order chi connectivity index (χ0) is 17.0. The minimum Gasteiger partial charge on any atom is -0.325 e. The fourth-order valence-electron chi connectivity index (χ4n) is 2.83. The summed E-state index contributed by atoms with van der Waals surface area (Å²) in [5, 5.41) is 3.53. The number of carbonyl (C=O) groups excluding carboxylic acids is 1. The van der Waals surface area contributed by atoms with E-state index in [1.807, 2.05) is 0 Å². The van der Waals surface area contributed by atoms with Crippen molar-refractivity contribution in [2.24, 2.45) is 0 Å². The van der Waals surface area contributed by atoms with Crippen LogP contribution >= 0.6 is 23.2 Å². The number of hydrogen-bond acceptors (Lipinski definition) is 3. The van der Waals surface area contributed by atoms with Gasteiger partial charge in [0.2, 0.25) is 15.9 Å². The van der Waals surface area contributed by atoms with Crippen molar-refractivity contribution >= 4 is 44.8 Å². The second-order valence-electron chi connectivity index (χ2n) is 5.73. The molecule has 1 aromatic carbocycles. The highest BCUT2D eigenvalue weighted by atomic mass is 35.5. The maximum Gasteiger partial charge on any atom is 0.225 e. The third-order valence-corrected chi connectivity index (χ3v) is 5.82. The average molecular weight is 379 g/mol. The Morgan fingerprint density at radius 3 is 2.57 bits per heavy atom. The summed E-state index contributed by atoms with van der Waals surface area (Å²) in [6, 6.07) is 4.80. The Morgan fingerprint density at radius 1 is 1.30 bits per heavy atom. The van der Waals surface area contributed by atoms with E-state index >= 15 is 0 Å². The Kier molecular flexibility index (Phi) is 6.31. The van der Waals surface area contributed by atoms with Crippen LogP contribution in [-0.4, -0.2) is 37.5 Å². The van der Waals surface area contributed by atoms with Crippen LogP contribution in [0.2, 0.25) is 10.0 Å². The van der Waals surface area contributed by atoms with Crippen molar-refractivity contribution in [1.82, 2.24) is 4.31 Å². The summed E-state index contributed by atoms with van der Waals surface area (Å²) < 4.78 is 25.3. The zero-order valence-electron chi connectivity index (χ0n) is 12.9. The topological polar surface area (TPSA) is 66.5 Å². The molecule has 1 aliphatic carbocycles. The smallest absolute Gasteiger partial charge is 0.225 e. The lowest BCUT2D eigenvalue weighted by atomic mass is 10.2. The van der Waals surface area contributed by atoms with Gasteiger partial charge in [-0.2, -0.15) is 4.31 Å². The third-order valence-electron chi connectivity index (χ3n) is 3.92. The van der Waals surface area contributed by atoms with Gasteiger partial charge < -0.3 is 5.32 Å². The van der Waals surface area contributed by atoms with Gasteiger partial charge in [0.05, 0.1) is 17.0 Å². The van der Waals surface area contributed by atoms with Gasteiger partial charge in [-0.1, -0.05) is 36.0 Å². The minimum absolute atomic E-state index is 0.00700. The molecule has 2 rings (SSSR count). The molecular formula is C15H20Cl2N2O3S. The van der Waals surface area contributed by atoms with Crippen LogP contribution in [0.4, 0.5) is 5.69 Å². The molecule has 8 heteroatoms. The number of halogens is 2. The van der Waals surface area contributed by atoms with Gasteiger partial charge in [0, 0.05) is 24.0 Å². The molecule has 1 aliphatic rings. The predicted octanol–water partition coefficient (Wildman–Crippen LogP) is 3.53. The van der Waals surface area contributed by atoms with Crippen molar-refractivity contribution in [3.8, 4) is 0 Å². The van der Waals surface area contributed by atoms with Crippen LogP contribution in [0.5, 0.6) is 0 Å². The summed E-state index contributed by atoms with van der Waals surface area (Å²) in [6.07, 6.45) is 5.04. The van der Waals surface area contributed by atoms with E-state index < -0.39 is 10.0 Å². The van der Waals surface area contributed by atoms with E-state index in [0.29, 0.717) is 15.7 Å². The highest BCUT2D eigenvalue weighted by Gasteiger charge is 2.29. The Morgan fingerprint density at radius 2 is 1.96 bits per heavy atom. The Hall–Kier alpha value is -0.820. The Bertz CT molecular complexity index is 673. The first-order valence-corrected chi connectivity index (χ1v) is 10.1. The van der Waals surface area contributed by atoms with Crippen molar-refractivity contribution in [3.63, 3.8) is 0 Å². The van der Waals surface area contributed by atoms with Gasteiger partial charge in [0.15, 0.2) is 0 Å². The summed E-state index contributed by atoms with van der Waals surface area (Å²) in [4.78, 5) is 12.1. The molecule has 5 nitrogen and oxygen atoms in total. The molecule has 0 unspecified atom stereocenters. The van der Waals surface area contributed by atoms with Gasteiger partial charge >= 0.3 is 0 Å². The first kappa shape index (κ1) is 18.5. The summed E-state index contributed by atoms with van der Waals surface area (Å²) in [7, 11) is -3.33. The van der Waals surface area contributed by atoms with Crippen molar-refractivity contribution in [2.75, 3.05) is 18.1 Å². The number of benzene rings is 1. The molecule has 0 atom stereocenters. The lowest BCUT2D eigenvalue weighted by Crippen LogP contribution is -2.39. The zero-order valence-corrected chi connectivity index (χ0v) is 15.2. The maximum absolute atomic E-state index is 12.1. The number of anilines is 1. The van der Waals surface area contributed by atoms with Crippen LogP contribution in [0.25, 0.3) is 0 Å². The largest absolute Gasteiger partial charge is 0.325 e. The molecular weight excluding hydrogens is 359 g/mol. The van der Waals surface area contributed by atoms with Crippen LogP contribution in [0.15, 0.2) is 18.2 Å². The number of sulfonamides is 1. The lowest BCUT2D eigenvalue weighted by molar-refractivity contribution is -0.116. The predicted molar refractivity (Wildman–Crippen MR) is 93.5 cm³/mol. The summed E-state index contributed by atoms with van der Waals surface area (Å²) in [6.45, 7) is 0.174. The van der Waals surface area contributed by atoms with Crippen LogP contribution in [0.3, 0.4) is 0 Å². The summed E-state index contributed by atoms with van der Waals surface area (Å²) >= 11 is 11.9. The first-order valence-electron chi connectivity index (χ1n) is 7.49. The van der Waals surface area contributed by atoms with Crippen molar-refractivity contribution in [2.45, 2.75) is 38.1 Å². The van der Waals surface area contributed by atoms with E-state index in [0.717, 1.165) is 25.7 Å². The highest BCUT2D eigenvalue weighted by Crippen LogP contribution is 2.27. The number of nitrogens with one attached hydrogen (secondary N) is 1. The monoisotopic (exact) mass is 378 g/mol. The molecule has 1 N–H and O–H groups in total. The van der Waals surface area contributed by atoms with Crippen LogP contribution in [0.1, 0.15) is 32.1 Å². The van der Waals surface area contributed by atoms with E-state index in [-0.39, 0.29) is 24.9 Å². The van der Waals surface area contributed by atoms with Crippen LogP contribution in [-0.2, 0) is 14.8 Å². The first-order chi connectivity index (χ1) is 10.8. The molecule has 0 bridgehead atoms. The SMILES string of the molecule is CS(=O)(=O)N(CCC(=O)Nc1cc(Cl)ccc1Cl)C1CCCC1. The summed E-state index contributed by atoms with van der Waals surface area (Å²) in [5.41, 5.74) is 0.427. The Labute approximate surface area is 147 Å². The van der Waals surface area contributed by atoms with E-state index in [2.05, 4.69) is 5.32 Å². The molecule has 0 radical (unpaired) electrons. The molecule has 0 saturated heterocycles. The number of rotatable bonds is 6. The highest BCUT2D eigenvalue weighted by molar-refractivity contribution is 7.88. The molecule has 1 aromatic rings. The molecule has 0 spiro atoms. The van der Waals surface area contributed by atoms with Crippen LogP contribution in [0, 0.1) is 0 Å². The summed E-state index contributed by atoms with van der Waals surface area (Å²) in [5.74, 6) is -0.291. The number of carbonyl (C=O) groups is 1. The number of nitrogens with zero attached hydrogens (tertiary/aromatic N) is 1. The van der Waals surface area contributed by atoms with E-state index in [1.165, 1.54) is 10.6 Å². The molecule has 1 fully saturated rings. The molecule has 1 amide bonds. The molecule has 128 valence electrons. The fourth-order valence-corrected chi connectivity index (χ4v) is 4.34. The van der Waals surface area contributed by atoms with E-state index in [4.69, 9.17) is 23.2 Å². The fraction of sp³-hybridized carbons (Fsp3) is 0.533. The molecule has 0 aliphatic heterocycles. The molecule has 0 heterocycles. The van der Waals surface area contributed by atoms with Gasteiger partial charge in [0.1, 0.15) is 0 Å².